The quantitative estimate of drug-likeness (QED) is 0.376. The average Bonchev–Trinajstić information content (AvgIpc) is 1.61. The van der Waals surface area contributed by atoms with Gasteiger partial charge in [0.1, 0.15) is 0 Å². The minimum Gasteiger partial charge on any atom is -1.00 e. The van der Waals surface area contributed by atoms with Gasteiger partial charge >= 0.3 is 29.6 Å². The van der Waals surface area contributed by atoms with Gasteiger partial charge in [0.2, 0.25) is 0 Å². The Morgan fingerprint density at radius 1 is 1.11 bits per heavy atom. The van der Waals surface area contributed by atoms with E-state index < -0.39 is 0 Å². The van der Waals surface area contributed by atoms with Crippen LogP contribution in [0.4, 0.5) is 0 Å². The molecule has 0 radical (unpaired) electrons. The van der Waals surface area contributed by atoms with Crippen molar-refractivity contribution >= 4 is 35.5 Å². The van der Waals surface area contributed by atoms with Gasteiger partial charge in [-0.15, -0.1) is 25.3 Å². The number of thiol groups is 2. The predicted octanol–water partition coefficient (Wildman–Crippen LogP) is -2.20. The smallest absolute Gasteiger partial charge is 1.00 e. The first-order valence-corrected chi connectivity index (χ1v) is 2.96. The molecule has 0 aliphatic heterocycles. The first kappa shape index (κ1) is 12.7. The van der Waals surface area contributed by atoms with E-state index in [2.05, 4.69) is 25.3 Å². The van der Waals surface area contributed by atoms with Crippen LogP contribution in [0.15, 0.2) is 0 Å². The summed E-state index contributed by atoms with van der Waals surface area (Å²) in [5, 5.41) is -0.542. The maximum Gasteiger partial charge on any atom is 1.00 e. The SMILES string of the molecule is O=C(S)CCC(=O)S.[H-].[Na+]. The van der Waals surface area contributed by atoms with E-state index in [4.69, 9.17) is 0 Å². The summed E-state index contributed by atoms with van der Waals surface area (Å²) in [6, 6.07) is 0. The van der Waals surface area contributed by atoms with Crippen LogP contribution in [0.5, 0.6) is 0 Å². The average molecular weight is 174 g/mol. The zero-order valence-corrected chi connectivity index (χ0v) is 8.91. The van der Waals surface area contributed by atoms with E-state index in [1.54, 1.807) is 0 Å². The van der Waals surface area contributed by atoms with Crippen molar-refractivity contribution in [1.29, 1.82) is 0 Å². The van der Waals surface area contributed by atoms with Gasteiger partial charge < -0.3 is 1.43 Å². The van der Waals surface area contributed by atoms with Crippen LogP contribution in [0.25, 0.3) is 0 Å². The van der Waals surface area contributed by atoms with Crippen molar-refractivity contribution < 1.29 is 40.6 Å². The summed E-state index contributed by atoms with van der Waals surface area (Å²) in [6.07, 6.45) is 0.372. The van der Waals surface area contributed by atoms with Gasteiger partial charge in [-0.25, -0.2) is 0 Å². The minimum atomic E-state index is -0.271. The van der Waals surface area contributed by atoms with E-state index in [0.29, 0.717) is 0 Å². The summed E-state index contributed by atoms with van der Waals surface area (Å²) in [6.45, 7) is 0. The molecule has 0 unspecified atom stereocenters. The fraction of sp³-hybridized carbons (Fsp3) is 0.500. The molecule has 0 N–H and O–H groups in total. The molecule has 0 rings (SSSR count). The van der Waals surface area contributed by atoms with Gasteiger partial charge in [0, 0.05) is 12.8 Å². The third kappa shape index (κ3) is 12.3. The molecule has 0 aromatic rings. The Bertz CT molecular complexity index is 106. The van der Waals surface area contributed by atoms with Crippen molar-refractivity contribution in [3.8, 4) is 0 Å². The molecular weight excluding hydrogens is 167 g/mol. The molecular formula is C4H7NaO2S2. The molecule has 0 aliphatic carbocycles. The van der Waals surface area contributed by atoms with Crippen LogP contribution in [0.2, 0.25) is 0 Å². The maximum absolute atomic E-state index is 10.0. The molecule has 0 spiro atoms. The zero-order valence-electron chi connectivity index (χ0n) is 6.13. The first-order valence-electron chi connectivity index (χ1n) is 2.06. The molecule has 0 aliphatic rings. The molecule has 0 heterocycles. The molecule has 2 nitrogen and oxygen atoms in total. The molecule has 5 heteroatoms. The molecule has 0 aromatic heterocycles. The summed E-state index contributed by atoms with van der Waals surface area (Å²) < 4.78 is 0. The van der Waals surface area contributed by atoms with Crippen molar-refractivity contribution in [1.82, 2.24) is 0 Å². The van der Waals surface area contributed by atoms with Crippen molar-refractivity contribution in [2.45, 2.75) is 12.8 Å². The van der Waals surface area contributed by atoms with Gasteiger partial charge in [0.15, 0.2) is 10.2 Å². The molecule has 0 amide bonds. The molecule has 48 valence electrons. The van der Waals surface area contributed by atoms with Crippen LogP contribution in [0.1, 0.15) is 14.3 Å². The molecule has 0 bridgehead atoms. The van der Waals surface area contributed by atoms with E-state index in [1.807, 2.05) is 0 Å². The van der Waals surface area contributed by atoms with E-state index in [0.717, 1.165) is 0 Å². The molecule has 0 saturated carbocycles. The summed E-state index contributed by atoms with van der Waals surface area (Å²) in [4.78, 5) is 20.1. The second-order valence-corrected chi connectivity index (χ2v) is 2.29. The topological polar surface area (TPSA) is 34.1 Å². The molecule has 0 atom stereocenters. The van der Waals surface area contributed by atoms with E-state index in [9.17, 15) is 9.59 Å². The van der Waals surface area contributed by atoms with Crippen molar-refractivity contribution in [3.63, 3.8) is 0 Å². The second-order valence-electron chi connectivity index (χ2n) is 1.29. The predicted molar refractivity (Wildman–Crippen MR) is 38.3 cm³/mol. The number of rotatable bonds is 3. The molecule has 0 aromatic carbocycles. The number of carbonyl (C=O) groups excluding carboxylic acids is 2. The van der Waals surface area contributed by atoms with Gasteiger partial charge in [-0.3, -0.25) is 9.59 Å². The van der Waals surface area contributed by atoms with Gasteiger partial charge in [0.25, 0.3) is 0 Å². The van der Waals surface area contributed by atoms with Crippen molar-refractivity contribution in [3.05, 3.63) is 0 Å². The van der Waals surface area contributed by atoms with Gasteiger partial charge in [-0.05, 0) is 0 Å². The monoisotopic (exact) mass is 174 g/mol. The fourth-order valence-electron chi connectivity index (χ4n) is 0.214. The van der Waals surface area contributed by atoms with Crippen LogP contribution in [-0.2, 0) is 9.59 Å². The van der Waals surface area contributed by atoms with Gasteiger partial charge in [0.05, 0.1) is 0 Å². The Kier molecular flexibility index (Phi) is 10.1. The van der Waals surface area contributed by atoms with Gasteiger partial charge in [-0.1, -0.05) is 0 Å². The summed E-state index contributed by atoms with van der Waals surface area (Å²) in [5.74, 6) is 0. The summed E-state index contributed by atoms with van der Waals surface area (Å²) in [5.41, 5.74) is 0. The Hall–Kier alpha value is 1.04. The molecule has 0 fully saturated rings. The largest absolute Gasteiger partial charge is 1.00 e. The van der Waals surface area contributed by atoms with Crippen LogP contribution >= 0.6 is 25.3 Å². The minimum absolute atomic E-state index is 0. The van der Waals surface area contributed by atoms with Crippen LogP contribution in [0, 0.1) is 0 Å². The number of hydrogen-bond acceptors (Lipinski definition) is 2. The van der Waals surface area contributed by atoms with Crippen LogP contribution in [0.3, 0.4) is 0 Å². The molecule has 9 heavy (non-hydrogen) atoms. The Labute approximate surface area is 88.4 Å². The Balaban J connectivity index is -0.000000245. The van der Waals surface area contributed by atoms with Crippen molar-refractivity contribution in [2.24, 2.45) is 0 Å². The zero-order chi connectivity index (χ0) is 6.57. The second kappa shape index (κ2) is 7.15. The van der Waals surface area contributed by atoms with E-state index in [1.165, 1.54) is 0 Å². The maximum atomic E-state index is 10.0. The van der Waals surface area contributed by atoms with Crippen LogP contribution < -0.4 is 29.6 Å². The first-order chi connectivity index (χ1) is 3.63. The van der Waals surface area contributed by atoms with E-state index in [-0.39, 0.29) is 54.1 Å². The normalized spacial score (nSPS) is 7.78. The number of carbonyl (C=O) groups is 2. The fourth-order valence-corrected chi connectivity index (χ4v) is 0.437. The Morgan fingerprint density at radius 2 is 1.33 bits per heavy atom. The summed E-state index contributed by atoms with van der Waals surface area (Å²) >= 11 is 6.90. The third-order valence-corrected chi connectivity index (χ3v) is 1.000. The van der Waals surface area contributed by atoms with E-state index >= 15 is 0 Å². The summed E-state index contributed by atoms with van der Waals surface area (Å²) in [7, 11) is 0. The van der Waals surface area contributed by atoms with Crippen LogP contribution in [-0.4, -0.2) is 10.2 Å². The van der Waals surface area contributed by atoms with Gasteiger partial charge in [-0.2, -0.15) is 0 Å². The Morgan fingerprint density at radius 3 is 1.44 bits per heavy atom. The number of hydrogen-bond donors (Lipinski definition) is 2. The standard InChI is InChI=1S/C4H6O2S2.Na.H/c5-3(7)1-2-4(6)8;;/h1-2H2,(H,5,7)(H,6,8);;/q;+1;-1. The third-order valence-electron chi connectivity index (χ3n) is 0.553. The molecule has 0 saturated heterocycles. The van der Waals surface area contributed by atoms with Crippen molar-refractivity contribution in [2.75, 3.05) is 0 Å².